The third kappa shape index (κ3) is 5.24. The van der Waals surface area contributed by atoms with E-state index in [1.807, 2.05) is 43.3 Å². The minimum absolute atomic E-state index is 0.0663. The molecule has 3 aromatic rings. The SMILES string of the molecule is Cc1ccc(NCc2ccc(OCc3ccc([N+](=O)[O-])cc3)c(Br)c2)cc1Cl. The van der Waals surface area contributed by atoms with Crippen molar-refractivity contribution in [2.24, 2.45) is 0 Å². The standard InChI is InChI=1S/C21H18BrClN2O3/c1-14-2-6-17(11-20(14)23)24-12-16-5-9-21(19(22)10-16)28-13-15-3-7-18(8-4-15)25(26)27/h2-11,24H,12-13H2,1H3. The highest BCUT2D eigenvalue weighted by Crippen LogP contribution is 2.28. The average Bonchev–Trinajstić information content (AvgIpc) is 2.68. The summed E-state index contributed by atoms with van der Waals surface area (Å²) in [7, 11) is 0. The summed E-state index contributed by atoms with van der Waals surface area (Å²) >= 11 is 9.69. The van der Waals surface area contributed by atoms with Crippen LogP contribution in [0.2, 0.25) is 5.02 Å². The molecule has 0 atom stereocenters. The summed E-state index contributed by atoms with van der Waals surface area (Å²) < 4.78 is 6.66. The predicted molar refractivity (Wildman–Crippen MR) is 115 cm³/mol. The smallest absolute Gasteiger partial charge is 0.269 e. The van der Waals surface area contributed by atoms with Crippen molar-refractivity contribution in [3.63, 3.8) is 0 Å². The maximum absolute atomic E-state index is 10.7. The molecule has 5 nitrogen and oxygen atoms in total. The van der Waals surface area contributed by atoms with E-state index in [0.717, 1.165) is 31.9 Å². The van der Waals surface area contributed by atoms with E-state index in [4.69, 9.17) is 16.3 Å². The summed E-state index contributed by atoms with van der Waals surface area (Å²) in [4.78, 5) is 10.3. The van der Waals surface area contributed by atoms with Crippen LogP contribution in [-0.4, -0.2) is 4.92 Å². The first-order valence-electron chi connectivity index (χ1n) is 8.57. The van der Waals surface area contributed by atoms with E-state index in [2.05, 4.69) is 21.2 Å². The zero-order chi connectivity index (χ0) is 20.1. The van der Waals surface area contributed by atoms with Crippen LogP contribution in [0.25, 0.3) is 0 Å². The van der Waals surface area contributed by atoms with Crippen LogP contribution in [0.3, 0.4) is 0 Å². The lowest BCUT2D eigenvalue weighted by Crippen LogP contribution is -2.01. The lowest BCUT2D eigenvalue weighted by molar-refractivity contribution is -0.384. The maximum Gasteiger partial charge on any atom is 0.269 e. The Kier molecular flexibility index (Phi) is 6.54. The van der Waals surface area contributed by atoms with Crippen LogP contribution in [0.5, 0.6) is 5.75 Å². The van der Waals surface area contributed by atoms with Crippen molar-refractivity contribution in [3.8, 4) is 5.75 Å². The molecule has 0 aromatic heterocycles. The number of halogens is 2. The molecule has 0 unspecified atom stereocenters. The number of aryl methyl sites for hydroxylation is 1. The molecule has 0 amide bonds. The number of nitro groups is 1. The van der Waals surface area contributed by atoms with E-state index in [0.29, 0.717) is 18.9 Å². The average molecular weight is 462 g/mol. The Bertz CT molecular complexity index is 993. The number of nitrogens with zero attached hydrogens (tertiary/aromatic N) is 1. The van der Waals surface area contributed by atoms with Crippen LogP contribution in [-0.2, 0) is 13.2 Å². The minimum atomic E-state index is -0.418. The van der Waals surface area contributed by atoms with Crippen LogP contribution in [0, 0.1) is 17.0 Å². The highest BCUT2D eigenvalue weighted by molar-refractivity contribution is 9.10. The molecule has 144 valence electrons. The predicted octanol–water partition coefficient (Wildman–Crippen LogP) is 6.51. The molecular weight excluding hydrogens is 444 g/mol. The molecule has 3 aromatic carbocycles. The molecule has 0 aliphatic rings. The highest BCUT2D eigenvalue weighted by atomic mass is 79.9. The van der Waals surface area contributed by atoms with Crippen LogP contribution in [0.1, 0.15) is 16.7 Å². The van der Waals surface area contributed by atoms with Gasteiger partial charge in [-0.05, 0) is 75.9 Å². The summed E-state index contributed by atoms with van der Waals surface area (Å²) in [6, 6.07) is 18.1. The Morgan fingerprint density at radius 2 is 1.79 bits per heavy atom. The zero-order valence-electron chi connectivity index (χ0n) is 15.1. The summed E-state index contributed by atoms with van der Waals surface area (Å²) in [5.41, 5.74) is 4.03. The molecule has 1 N–H and O–H groups in total. The van der Waals surface area contributed by atoms with Crippen molar-refractivity contribution in [1.82, 2.24) is 0 Å². The molecule has 0 saturated heterocycles. The molecule has 0 bridgehead atoms. The van der Waals surface area contributed by atoms with Gasteiger partial charge in [-0.2, -0.15) is 0 Å². The van der Waals surface area contributed by atoms with Crippen molar-refractivity contribution < 1.29 is 9.66 Å². The lowest BCUT2D eigenvalue weighted by atomic mass is 10.2. The molecule has 0 aliphatic heterocycles. The molecule has 0 aliphatic carbocycles. The van der Waals surface area contributed by atoms with Gasteiger partial charge in [-0.3, -0.25) is 10.1 Å². The van der Waals surface area contributed by atoms with Crippen molar-refractivity contribution in [3.05, 3.63) is 97.0 Å². The van der Waals surface area contributed by atoms with Gasteiger partial charge in [-0.15, -0.1) is 0 Å². The van der Waals surface area contributed by atoms with Gasteiger partial charge in [0.1, 0.15) is 12.4 Å². The fraction of sp³-hybridized carbons (Fsp3) is 0.143. The van der Waals surface area contributed by atoms with Crippen LogP contribution in [0.15, 0.2) is 65.1 Å². The second-order valence-electron chi connectivity index (χ2n) is 6.29. The summed E-state index contributed by atoms with van der Waals surface area (Å²) in [5, 5.41) is 14.8. The molecule has 3 rings (SSSR count). The van der Waals surface area contributed by atoms with Gasteiger partial charge < -0.3 is 10.1 Å². The largest absolute Gasteiger partial charge is 0.488 e. The Hall–Kier alpha value is -2.57. The lowest BCUT2D eigenvalue weighted by Gasteiger charge is -2.11. The maximum atomic E-state index is 10.7. The second-order valence-corrected chi connectivity index (χ2v) is 7.56. The van der Waals surface area contributed by atoms with Gasteiger partial charge in [0, 0.05) is 29.4 Å². The van der Waals surface area contributed by atoms with Crippen molar-refractivity contribution in [2.75, 3.05) is 5.32 Å². The number of ether oxygens (including phenoxy) is 1. The number of hydrogen-bond acceptors (Lipinski definition) is 4. The first-order valence-corrected chi connectivity index (χ1v) is 9.74. The van der Waals surface area contributed by atoms with Crippen molar-refractivity contribution in [1.29, 1.82) is 0 Å². The quantitative estimate of drug-likeness (QED) is 0.322. The molecule has 28 heavy (non-hydrogen) atoms. The van der Waals surface area contributed by atoms with Gasteiger partial charge in [-0.25, -0.2) is 0 Å². The summed E-state index contributed by atoms with van der Waals surface area (Å²) in [5.74, 6) is 0.709. The Morgan fingerprint density at radius 1 is 1.07 bits per heavy atom. The normalized spacial score (nSPS) is 10.5. The van der Waals surface area contributed by atoms with Crippen LogP contribution in [0.4, 0.5) is 11.4 Å². The highest BCUT2D eigenvalue weighted by Gasteiger charge is 2.07. The number of benzene rings is 3. The van der Waals surface area contributed by atoms with E-state index in [-0.39, 0.29) is 5.69 Å². The van der Waals surface area contributed by atoms with Crippen molar-refractivity contribution in [2.45, 2.75) is 20.1 Å². The molecular formula is C21H18BrClN2O3. The molecule has 0 saturated carbocycles. The number of non-ortho nitro benzene ring substituents is 1. The Morgan fingerprint density at radius 3 is 2.43 bits per heavy atom. The fourth-order valence-corrected chi connectivity index (χ4v) is 3.27. The third-order valence-electron chi connectivity index (χ3n) is 4.21. The third-order valence-corrected chi connectivity index (χ3v) is 5.23. The molecule has 0 heterocycles. The number of rotatable bonds is 7. The number of nitrogens with one attached hydrogen (secondary N) is 1. The van der Waals surface area contributed by atoms with E-state index in [9.17, 15) is 10.1 Å². The minimum Gasteiger partial charge on any atom is -0.488 e. The van der Waals surface area contributed by atoms with Crippen LogP contribution >= 0.6 is 27.5 Å². The number of nitro benzene ring substituents is 1. The molecule has 7 heteroatoms. The van der Waals surface area contributed by atoms with E-state index < -0.39 is 4.92 Å². The summed E-state index contributed by atoms with van der Waals surface area (Å²) in [6.45, 7) is 2.95. The molecule has 0 fully saturated rings. The van der Waals surface area contributed by atoms with Gasteiger partial charge >= 0.3 is 0 Å². The number of hydrogen-bond donors (Lipinski definition) is 1. The van der Waals surface area contributed by atoms with Gasteiger partial charge in [0.2, 0.25) is 0 Å². The van der Waals surface area contributed by atoms with E-state index in [1.54, 1.807) is 12.1 Å². The molecule has 0 spiro atoms. The molecule has 0 radical (unpaired) electrons. The topological polar surface area (TPSA) is 64.4 Å². The monoisotopic (exact) mass is 460 g/mol. The summed E-state index contributed by atoms with van der Waals surface area (Å²) in [6.07, 6.45) is 0. The van der Waals surface area contributed by atoms with Gasteiger partial charge in [-0.1, -0.05) is 23.7 Å². The van der Waals surface area contributed by atoms with Gasteiger partial charge in [0.15, 0.2) is 0 Å². The van der Waals surface area contributed by atoms with Crippen molar-refractivity contribution >= 4 is 38.9 Å². The fourth-order valence-electron chi connectivity index (χ4n) is 2.55. The Balaban J connectivity index is 1.58. The van der Waals surface area contributed by atoms with Gasteiger partial charge in [0.05, 0.1) is 9.40 Å². The first kappa shape index (κ1) is 20.2. The zero-order valence-corrected chi connectivity index (χ0v) is 17.5. The van der Waals surface area contributed by atoms with E-state index in [1.165, 1.54) is 12.1 Å². The second kappa shape index (κ2) is 9.08. The first-order chi connectivity index (χ1) is 13.4. The van der Waals surface area contributed by atoms with E-state index >= 15 is 0 Å². The van der Waals surface area contributed by atoms with Crippen LogP contribution < -0.4 is 10.1 Å². The Labute approximate surface area is 176 Å². The van der Waals surface area contributed by atoms with Gasteiger partial charge in [0.25, 0.3) is 5.69 Å². The number of anilines is 1.